The maximum absolute atomic E-state index is 10.7. The number of carbonyl (C=O) groups is 1. The molecule has 8 heteroatoms. The summed E-state index contributed by atoms with van der Waals surface area (Å²) in [6, 6.07) is 4.35. The van der Waals surface area contributed by atoms with Crippen LogP contribution >= 0.6 is 0 Å². The van der Waals surface area contributed by atoms with Crippen molar-refractivity contribution in [2.75, 3.05) is 0 Å². The van der Waals surface area contributed by atoms with E-state index in [9.17, 15) is 14.9 Å². The number of nitro groups is 1. The Labute approximate surface area is 94.3 Å². The average molecular weight is 234 g/mol. The quantitative estimate of drug-likeness (QED) is 0.623. The Bertz CT molecular complexity index is 592. The molecule has 0 saturated carbocycles. The van der Waals surface area contributed by atoms with Crippen LogP contribution < -0.4 is 0 Å². The first-order valence-corrected chi connectivity index (χ1v) is 4.47. The number of rotatable bonds is 3. The van der Waals surface area contributed by atoms with Gasteiger partial charge in [-0.1, -0.05) is 6.07 Å². The molecule has 0 aliphatic heterocycles. The fourth-order valence-electron chi connectivity index (χ4n) is 1.22. The summed E-state index contributed by atoms with van der Waals surface area (Å²) in [4.78, 5) is 27.9. The smallest absolute Gasteiger partial charge is 0.381 e. The minimum Gasteiger partial charge on any atom is -0.477 e. The van der Waals surface area contributed by atoms with E-state index in [-0.39, 0.29) is 17.3 Å². The second-order valence-electron chi connectivity index (χ2n) is 3.08. The molecule has 0 unspecified atom stereocenters. The van der Waals surface area contributed by atoms with Crippen LogP contribution in [0.2, 0.25) is 0 Å². The van der Waals surface area contributed by atoms with E-state index >= 15 is 0 Å². The summed E-state index contributed by atoms with van der Waals surface area (Å²) in [7, 11) is 0. The van der Waals surface area contributed by atoms with Gasteiger partial charge in [0.15, 0.2) is 5.69 Å². The Balaban J connectivity index is 2.42. The van der Waals surface area contributed by atoms with Crippen molar-refractivity contribution in [2.45, 2.75) is 0 Å². The normalized spacial score (nSPS) is 10.1. The Morgan fingerprint density at radius 3 is 2.82 bits per heavy atom. The maximum atomic E-state index is 10.7. The second kappa shape index (κ2) is 4.00. The van der Waals surface area contributed by atoms with E-state index in [0.29, 0.717) is 0 Å². The van der Waals surface area contributed by atoms with Crippen molar-refractivity contribution in [3.63, 3.8) is 0 Å². The lowest BCUT2D eigenvalue weighted by molar-refractivity contribution is -0.389. The molecule has 2 aromatic heterocycles. The van der Waals surface area contributed by atoms with E-state index in [4.69, 9.17) is 5.11 Å². The summed E-state index contributed by atoms with van der Waals surface area (Å²) in [5.74, 6) is -1.24. The Morgan fingerprint density at radius 1 is 1.47 bits per heavy atom. The molecule has 2 heterocycles. The number of hydrogen-bond acceptors (Lipinski definition) is 5. The lowest BCUT2D eigenvalue weighted by Gasteiger charge is -1.99. The number of carboxylic acid groups (broad SMARTS) is 1. The van der Waals surface area contributed by atoms with Crippen LogP contribution in [0.4, 0.5) is 5.82 Å². The fraction of sp³-hybridized carbons (Fsp3) is 0. The van der Waals surface area contributed by atoms with Crippen LogP contribution in [0.15, 0.2) is 30.7 Å². The first-order valence-electron chi connectivity index (χ1n) is 4.47. The van der Waals surface area contributed by atoms with E-state index in [1.807, 2.05) is 0 Å². The van der Waals surface area contributed by atoms with Crippen LogP contribution in [0.1, 0.15) is 10.5 Å². The molecule has 0 aromatic carbocycles. The summed E-state index contributed by atoms with van der Waals surface area (Å²) in [5.41, 5.74) is -0.140. The van der Waals surface area contributed by atoms with Crippen LogP contribution in [0.5, 0.6) is 0 Å². The second-order valence-corrected chi connectivity index (χ2v) is 3.08. The molecule has 1 N–H and O–H groups in total. The Morgan fingerprint density at radius 2 is 2.24 bits per heavy atom. The van der Waals surface area contributed by atoms with Gasteiger partial charge in [-0.25, -0.2) is 9.78 Å². The highest BCUT2D eigenvalue weighted by Gasteiger charge is 2.12. The van der Waals surface area contributed by atoms with Gasteiger partial charge in [-0.05, 0) is 22.0 Å². The molecule has 86 valence electrons. The van der Waals surface area contributed by atoms with Gasteiger partial charge >= 0.3 is 11.8 Å². The fourth-order valence-corrected chi connectivity index (χ4v) is 1.22. The largest absolute Gasteiger partial charge is 0.477 e. The molecule has 0 spiro atoms. The van der Waals surface area contributed by atoms with Crippen LogP contribution in [0.3, 0.4) is 0 Å². The molecule has 0 bridgehead atoms. The predicted molar refractivity (Wildman–Crippen MR) is 55.0 cm³/mol. The number of aromatic carboxylic acids is 1. The van der Waals surface area contributed by atoms with Crippen molar-refractivity contribution in [1.29, 1.82) is 0 Å². The molecule has 0 fully saturated rings. The van der Waals surface area contributed by atoms with Crippen LogP contribution in [0, 0.1) is 10.1 Å². The highest BCUT2D eigenvalue weighted by atomic mass is 16.6. The average Bonchev–Trinajstić information content (AvgIpc) is 2.78. The molecule has 2 aromatic rings. The van der Waals surface area contributed by atoms with E-state index in [0.717, 1.165) is 6.20 Å². The monoisotopic (exact) mass is 234 g/mol. The molecule has 0 radical (unpaired) electrons. The van der Waals surface area contributed by atoms with Crippen LogP contribution in [0.25, 0.3) is 5.82 Å². The summed E-state index contributed by atoms with van der Waals surface area (Å²) >= 11 is 0. The van der Waals surface area contributed by atoms with Gasteiger partial charge in [0.05, 0.1) is 0 Å². The number of nitrogens with zero attached hydrogens (tertiary/aromatic N) is 4. The number of aromatic nitrogens is 3. The van der Waals surface area contributed by atoms with Crippen molar-refractivity contribution < 1.29 is 14.8 Å². The number of imidazole rings is 1. The minimum absolute atomic E-state index is 0.140. The third-order valence-corrected chi connectivity index (χ3v) is 1.97. The standard InChI is InChI=1S/C9H6N4O4/c14-9(15)6-2-1-3-7(11-6)12-4-8(10-5-12)13(16)17/h1-5H,(H,14,15). The van der Waals surface area contributed by atoms with Gasteiger partial charge < -0.3 is 15.2 Å². The topological polar surface area (TPSA) is 111 Å². The molecule has 17 heavy (non-hydrogen) atoms. The van der Waals surface area contributed by atoms with E-state index in [2.05, 4.69) is 9.97 Å². The highest BCUT2D eigenvalue weighted by Crippen LogP contribution is 2.11. The maximum Gasteiger partial charge on any atom is 0.381 e. The lowest BCUT2D eigenvalue weighted by atomic mass is 10.3. The van der Waals surface area contributed by atoms with Gasteiger partial charge in [0.2, 0.25) is 6.33 Å². The van der Waals surface area contributed by atoms with E-state index in [1.165, 1.54) is 29.1 Å². The summed E-state index contributed by atoms with van der Waals surface area (Å²) in [6.45, 7) is 0. The number of carboxylic acids is 1. The number of pyridine rings is 1. The molecule has 8 nitrogen and oxygen atoms in total. The molecule has 0 atom stereocenters. The first kappa shape index (κ1) is 10.7. The minimum atomic E-state index is -1.17. The summed E-state index contributed by atoms with van der Waals surface area (Å²) in [6.07, 6.45) is 2.36. The van der Waals surface area contributed by atoms with Gasteiger partial charge in [0.1, 0.15) is 12.0 Å². The van der Waals surface area contributed by atoms with Crippen molar-refractivity contribution in [2.24, 2.45) is 0 Å². The third-order valence-electron chi connectivity index (χ3n) is 1.97. The molecule has 0 saturated heterocycles. The van der Waals surface area contributed by atoms with Crippen molar-refractivity contribution in [3.05, 3.63) is 46.5 Å². The number of hydrogen-bond donors (Lipinski definition) is 1. The summed E-state index contributed by atoms with van der Waals surface area (Å²) in [5, 5.41) is 19.2. The zero-order valence-electron chi connectivity index (χ0n) is 8.35. The molecule has 0 aliphatic rings. The van der Waals surface area contributed by atoms with Gasteiger partial charge in [-0.15, -0.1) is 0 Å². The van der Waals surface area contributed by atoms with Crippen molar-refractivity contribution in [3.8, 4) is 5.82 Å². The molecule has 2 rings (SSSR count). The predicted octanol–water partition coefficient (Wildman–Crippen LogP) is 0.874. The summed E-state index contributed by atoms with van der Waals surface area (Å²) < 4.78 is 1.28. The van der Waals surface area contributed by atoms with E-state index < -0.39 is 10.9 Å². The van der Waals surface area contributed by atoms with Gasteiger partial charge in [0.25, 0.3) is 0 Å². The Kier molecular flexibility index (Phi) is 2.53. The van der Waals surface area contributed by atoms with E-state index in [1.54, 1.807) is 0 Å². The van der Waals surface area contributed by atoms with Gasteiger partial charge in [-0.3, -0.25) is 4.57 Å². The zero-order chi connectivity index (χ0) is 12.4. The zero-order valence-corrected chi connectivity index (χ0v) is 8.35. The Hall–Kier alpha value is -2.77. The van der Waals surface area contributed by atoms with Crippen LogP contribution in [-0.4, -0.2) is 30.5 Å². The SMILES string of the molecule is O=C(O)c1cccc(-n2cnc([N+](=O)[O-])c2)n1. The third kappa shape index (κ3) is 2.09. The molecule has 0 aliphatic carbocycles. The highest BCUT2D eigenvalue weighted by molar-refractivity contribution is 5.85. The van der Waals surface area contributed by atoms with Crippen molar-refractivity contribution >= 4 is 11.8 Å². The molecular formula is C9H6N4O4. The van der Waals surface area contributed by atoms with Crippen LogP contribution in [-0.2, 0) is 0 Å². The molecular weight excluding hydrogens is 228 g/mol. The first-order chi connectivity index (χ1) is 8.08. The molecule has 0 amide bonds. The van der Waals surface area contributed by atoms with Crippen molar-refractivity contribution in [1.82, 2.24) is 14.5 Å². The van der Waals surface area contributed by atoms with Gasteiger partial charge in [-0.2, -0.15) is 0 Å². The lowest BCUT2D eigenvalue weighted by Crippen LogP contribution is -2.03. The van der Waals surface area contributed by atoms with Gasteiger partial charge in [0, 0.05) is 0 Å².